The van der Waals surface area contributed by atoms with Crippen molar-refractivity contribution in [2.75, 3.05) is 0 Å². The Morgan fingerprint density at radius 1 is 1.03 bits per heavy atom. The lowest BCUT2D eigenvalue weighted by Gasteiger charge is -2.32. The molecule has 0 saturated heterocycles. The van der Waals surface area contributed by atoms with Crippen LogP contribution >= 0.6 is 0 Å². The van der Waals surface area contributed by atoms with Gasteiger partial charge in [-0.3, -0.25) is 4.90 Å². The van der Waals surface area contributed by atoms with Crippen molar-refractivity contribution in [3.8, 4) is 11.4 Å². The number of nitrogens with one attached hydrogen (secondary N) is 1. The third-order valence-corrected chi connectivity index (χ3v) is 6.03. The number of nitrogens with zero attached hydrogens (tertiary/aromatic N) is 4. The van der Waals surface area contributed by atoms with Crippen molar-refractivity contribution in [3.63, 3.8) is 0 Å². The van der Waals surface area contributed by atoms with Crippen molar-refractivity contribution >= 4 is 10.8 Å². The first kappa shape index (κ1) is 18.9. The molecule has 0 radical (unpaired) electrons. The lowest BCUT2D eigenvalue weighted by Crippen LogP contribution is -2.34. The van der Waals surface area contributed by atoms with Gasteiger partial charge in [0, 0.05) is 25.1 Å². The van der Waals surface area contributed by atoms with Gasteiger partial charge < -0.3 is 9.51 Å². The van der Waals surface area contributed by atoms with E-state index in [9.17, 15) is 4.39 Å². The molecule has 1 aliphatic heterocycles. The van der Waals surface area contributed by atoms with Crippen LogP contribution in [0.2, 0.25) is 0 Å². The Bertz CT molecular complexity index is 1390. The van der Waals surface area contributed by atoms with Crippen LogP contribution in [-0.2, 0) is 19.5 Å². The van der Waals surface area contributed by atoms with E-state index in [0.717, 1.165) is 27.9 Å². The molecule has 1 N–H and O–H groups in total. The number of rotatable bonds is 4. The maximum Gasteiger partial charge on any atom is 0.244 e. The summed E-state index contributed by atoms with van der Waals surface area (Å²) in [4.78, 5) is 14.7. The van der Waals surface area contributed by atoms with Gasteiger partial charge in [0.2, 0.25) is 11.7 Å². The molecule has 0 spiro atoms. The second-order valence-corrected chi connectivity index (χ2v) is 8.10. The summed E-state index contributed by atoms with van der Waals surface area (Å²) >= 11 is 0. The van der Waals surface area contributed by atoms with Crippen molar-refractivity contribution in [1.82, 2.24) is 25.0 Å². The van der Waals surface area contributed by atoms with E-state index in [1.54, 1.807) is 6.33 Å². The molecule has 6 rings (SSSR count). The summed E-state index contributed by atoms with van der Waals surface area (Å²) in [6.07, 6.45) is 2.39. The molecule has 0 aliphatic carbocycles. The average Bonchev–Trinajstić information content (AvgIpc) is 3.49. The minimum Gasteiger partial charge on any atom is -0.347 e. The van der Waals surface area contributed by atoms with Crippen molar-refractivity contribution in [2.45, 2.75) is 25.6 Å². The van der Waals surface area contributed by atoms with E-state index < -0.39 is 0 Å². The first-order valence-electron chi connectivity index (χ1n) is 10.6. The van der Waals surface area contributed by atoms with Gasteiger partial charge in [-0.05, 0) is 34.5 Å². The first-order chi connectivity index (χ1) is 15.7. The number of benzene rings is 3. The molecule has 2 aromatic heterocycles. The predicted octanol–water partition coefficient (Wildman–Crippen LogP) is 5.05. The second kappa shape index (κ2) is 7.69. The first-order valence-corrected chi connectivity index (χ1v) is 10.6. The molecule has 1 aliphatic rings. The molecular weight excluding hydrogens is 405 g/mol. The third-order valence-electron chi connectivity index (χ3n) is 6.03. The molecule has 0 fully saturated rings. The van der Waals surface area contributed by atoms with Gasteiger partial charge in [0.25, 0.3) is 0 Å². The summed E-state index contributed by atoms with van der Waals surface area (Å²) in [6, 6.07) is 20.8. The van der Waals surface area contributed by atoms with Crippen LogP contribution in [-0.4, -0.2) is 25.0 Å². The van der Waals surface area contributed by atoms with Gasteiger partial charge in [0.15, 0.2) is 0 Å². The fourth-order valence-electron chi connectivity index (χ4n) is 4.34. The number of halogens is 1. The van der Waals surface area contributed by atoms with Crippen molar-refractivity contribution in [1.29, 1.82) is 0 Å². The van der Waals surface area contributed by atoms with E-state index in [1.807, 2.05) is 30.3 Å². The van der Waals surface area contributed by atoms with Gasteiger partial charge in [-0.25, -0.2) is 9.37 Å². The van der Waals surface area contributed by atoms with Gasteiger partial charge >= 0.3 is 0 Å². The number of H-pyrrole nitrogens is 1. The number of hydrogen-bond acceptors (Lipinski definition) is 5. The van der Waals surface area contributed by atoms with E-state index in [-0.39, 0.29) is 11.9 Å². The van der Waals surface area contributed by atoms with Crippen LogP contribution < -0.4 is 0 Å². The molecule has 0 bridgehead atoms. The topological polar surface area (TPSA) is 70.8 Å². The number of aromatic amines is 1. The summed E-state index contributed by atoms with van der Waals surface area (Å²) in [5.74, 6) is 0.890. The van der Waals surface area contributed by atoms with Crippen LogP contribution in [0.25, 0.3) is 22.2 Å². The number of aromatic nitrogens is 4. The molecule has 3 aromatic carbocycles. The van der Waals surface area contributed by atoms with Crippen LogP contribution in [0.3, 0.4) is 0 Å². The maximum atomic E-state index is 13.4. The van der Waals surface area contributed by atoms with E-state index in [2.05, 4.69) is 44.3 Å². The van der Waals surface area contributed by atoms with Crippen LogP contribution in [0, 0.1) is 5.82 Å². The van der Waals surface area contributed by atoms with E-state index in [4.69, 9.17) is 9.51 Å². The standard InChI is InChI=1S/C25H20FN5O/c26-20-9-5-16(6-10-20)13-31-14-22-21(27-15-28-22)12-23(31)25-29-24(30-32-25)19-8-7-17-3-1-2-4-18(17)11-19/h1-11,15,23H,12-14H2,(H,27,28). The van der Waals surface area contributed by atoms with E-state index in [0.29, 0.717) is 31.2 Å². The molecule has 5 aromatic rings. The van der Waals surface area contributed by atoms with Crippen LogP contribution in [0.15, 0.2) is 77.6 Å². The fourth-order valence-corrected chi connectivity index (χ4v) is 4.34. The number of imidazole rings is 1. The highest BCUT2D eigenvalue weighted by Gasteiger charge is 2.33. The highest BCUT2D eigenvalue weighted by atomic mass is 19.1. The lowest BCUT2D eigenvalue weighted by molar-refractivity contribution is 0.128. The molecule has 1 atom stereocenters. The normalized spacial score (nSPS) is 16.3. The van der Waals surface area contributed by atoms with Crippen LogP contribution in [0.4, 0.5) is 4.39 Å². The third kappa shape index (κ3) is 3.46. The van der Waals surface area contributed by atoms with Crippen LogP contribution in [0.1, 0.15) is 28.9 Å². The lowest BCUT2D eigenvalue weighted by atomic mass is 10.0. The zero-order valence-electron chi connectivity index (χ0n) is 17.2. The van der Waals surface area contributed by atoms with E-state index in [1.165, 1.54) is 17.5 Å². The monoisotopic (exact) mass is 425 g/mol. The molecular formula is C25H20FN5O. The Morgan fingerprint density at radius 3 is 2.75 bits per heavy atom. The van der Waals surface area contributed by atoms with Crippen molar-refractivity contribution < 1.29 is 8.91 Å². The highest BCUT2D eigenvalue weighted by molar-refractivity contribution is 5.86. The Morgan fingerprint density at radius 2 is 1.88 bits per heavy atom. The Kier molecular flexibility index (Phi) is 4.54. The van der Waals surface area contributed by atoms with Gasteiger partial charge in [0.05, 0.1) is 23.8 Å². The zero-order valence-corrected chi connectivity index (χ0v) is 17.2. The summed E-state index contributed by atoms with van der Waals surface area (Å²) in [6.45, 7) is 1.31. The summed E-state index contributed by atoms with van der Waals surface area (Å²) in [5.41, 5.74) is 4.03. The summed E-state index contributed by atoms with van der Waals surface area (Å²) in [7, 11) is 0. The number of fused-ring (bicyclic) bond motifs is 2. The number of hydrogen-bond donors (Lipinski definition) is 1. The Labute approximate surface area is 183 Å². The maximum absolute atomic E-state index is 13.4. The SMILES string of the molecule is Fc1ccc(CN2Cc3[nH]cnc3CC2c2nc(-c3ccc4ccccc4c3)no2)cc1. The minimum atomic E-state index is -0.239. The summed E-state index contributed by atoms with van der Waals surface area (Å²) in [5, 5.41) is 6.58. The molecule has 1 unspecified atom stereocenters. The second-order valence-electron chi connectivity index (χ2n) is 8.10. The highest BCUT2D eigenvalue weighted by Crippen LogP contribution is 2.33. The van der Waals surface area contributed by atoms with Gasteiger partial charge in [0.1, 0.15) is 5.82 Å². The van der Waals surface area contributed by atoms with Crippen LogP contribution in [0.5, 0.6) is 0 Å². The molecule has 6 nitrogen and oxygen atoms in total. The quantitative estimate of drug-likeness (QED) is 0.436. The zero-order chi connectivity index (χ0) is 21.5. The van der Waals surface area contributed by atoms with Gasteiger partial charge in [-0.15, -0.1) is 0 Å². The molecule has 3 heterocycles. The van der Waals surface area contributed by atoms with Gasteiger partial charge in [-0.2, -0.15) is 4.98 Å². The Balaban J connectivity index is 1.33. The molecule has 7 heteroatoms. The largest absolute Gasteiger partial charge is 0.347 e. The Hall–Kier alpha value is -3.84. The molecule has 0 amide bonds. The smallest absolute Gasteiger partial charge is 0.244 e. The average molecular weight is 425 g/mol. The van der Waals surface area contributed by atoms with Gasteiger partial charge in [-0.1, -0.05) is 53.7 Å². The molecule has 32 heavy (non-hydrogen) atoms. The molecule has 0 saturated carbocycles. The van der Waals surface area contributed by atoms with Crippen molar-refractivity contribution in [2.24, 2.45) is 0 Å². The van der Waals surface area contributed by atoms with Crippen molar-refractivity contribution in [3.05, 3.63) is 102 Å². The summed E-state index contributed by atoms with van der Waals surface area (Å²) < 4.78 is 19.1. The molecule has 158 valence electrons. The minimum absolute atomic E-state index is 0.113. The predicted molar refractivity (Wildman–Crippen MR) is 118 cm³/mol. The fraction of sp³-hybridized carbons (Fsp3) is 0.160. The van der Waals surface area contributed by atoms with E-state index >= 15 is 0 Å².